The summed E-state index contributed by atoms with van der Waals surface area (Å²) in [5.74, 6) is 0.115. The van der Waals surface area contributed by atoms with Gasteiger partial charge in [-0.25, -0.2) is 4.21 Å². The lowest BCUT2D eigenvalue weighted by Gasteiger charge is -2.16. The van der Waals surface area contributed by atoms with E-state index in [9.17, 15) is 14.1 Å². The number of carbonyl (C=O) groups excluding carboxylic acids is 1. The Labute approximate surface area is 143 Å². The standard InChI is InChI=1S/C15H21N5O3S/c1-5-9(2)16-13-14(19-24(23)18-13)17-11-8-6-7-10(12(11)21)15(22)20(3)4/h6-9,21H,5H2,1-4H3,(H,16,18)(H,17,19)/t9-,24?/m0/s1. The van der Waals surface area contributed by atoms with Gasteiger partial charge in [-0.05, 0) is 25.5 Å². The van der Waals surface area contributed by atoms with Crippen LogP contribution in [-0.4, -0.2) is 51.9 Å². The van der Waals surface area contributed by atoms with E-state index >= 15 is 0 Å². The van der Waals surface area contributed by atoms with Gasteiger partial charge in [0.25, 0.3) is 17.1 Å². The highest BCUT2D eigenvalue weighted by Crippen LogP contribution is 2.28. The summed E-state index contributed by atoms with van der Waals surface area (Å²) in [4.78, 5) is 13.5. The normalized spacial score (nSPS) is 17.8. The molecule has 8 nitrogen and oxygen atoms in total. The Kier molecular flexibility index (Phi) is 5.55. The van der Waals surface area contributed by atoms with E-state index in [0.29, 0.717) is 11.5 Å². The van der Waals surface area contributed by atoms with Gasteiger partial charge in [0.15, 0.2) is 17.4 Å². The summed E-state index contributed by atoms with van der Waals surface area (Å²) in [6, 6.07) is 4.90. The molecule has 1 unspecified atom stereocenters. The number of hydrogen-bond acceptors (Lipinski definition) is 5. The quantitative estimate of drug-likeness (QED) is 0.709. The van der Waals surface area contributed by atoms with Crippen LogP contribution in [0.25, 0.3) is 0 Å². The zero-order chi connectivity index (χ0) is 17.9. The molecule has 0 aliphatic carbocycles. The lowest BCUT2D eigenvalue weighted by Crippen LogP contribution is -2.39. The van der Waals surface area contributed by atoms with Crippen LogP contribution < -0.4 is 10.6 Å². The Morgan fingerprint density at radius 2 is 2.00 bits per heavy atom. The molecule has 1 aliphatic rings. The van der Waals surface area contributed by atoms with Gasteiger partial charge in [-0.15, -0.1) is 8.80 Å². The van der Waals surface area contributed by atoms with Gasteiger partial charge < -0.3 is 20.6 Å². The lowest BCUT2D eigenvalue weighted by atomic mass is 10.1. The molecule has 1 aromatic rings. The van der Waals surface area contributed by atoms with E-state index in [2.05, 4.69) is 19.4 Å². The molecular weight excluding hydrogens is 330 g/mol. The molecule has 0 radical (unpaired) electrons. The number of benzene rings is 1. The maximum absolute atomic E-state index is 12.1. The van der Waals surface area contributed by atoms with Gasteiger partial charge in [-0.3, -0.25) is 4.79 Å². The summed E-state index contributed by atoms with van der Waals surface area (Å²) in [5, 5.41) is 16.4. The molecule has 130 valence electrons. The molecule has 0 bridgehead atoms. The summed E-state index contributed by atoms with van der Waals surface area (Å²) in [6.07, 6.45) is 0.858. The van der Waals surface area contributed by atoms with E-state index < -0.39 is 11.2 Å². The molecular formula is C15H21N5O3S. The van der Waals surface area contributed by atoms with Crippen molar-refractivity contribution in [1.82, 2.24) is 10.2 Å². The Hall–Kier alpha value is -2.42. The maximum Gasteiger partial charge on any atom is 0.269 e. The number of amides is 1. The van der Waals surface area contributed by atoms with Gasteiger partial charge in [0.2, 0.25) is 0 Å². The van der Waals surface area contributed by atoms with Crippen LogP contribution in [0.15, 0.2) is 27.0 Å². The van der Waals surface area contributed by atoms with Crippen molar-refractivity contribution in [3.63, 3.8) is 0 Å². The highest BCUT2D eigenvalue weighted by Gasteiger charge is 2.23. The number of nitrogens with zero attached hydrogens (tertiary/aromatic N) is 3. The molecule has 2 rings (SSSR count). The number of nitrogens with one attached hydrogen (secondary N) is 2. The highest BCUT2D eigenvalue weighted by atomic mass is 32.2. The summed E-state index contributed by atoms with van der Waals surface area (Å²) < 4.78 is 19.4. The topological polar surface area (TPSA) is 106 Å². The monoisotopic (exact) mass is 351 g/mol. The Balaban J connectivity index is 2.26. The molecule has 1 amide bonds. The second-order valence-corrected chi connectivity index (χ2v) is 6.42. The number of phenols is 1. The van der Waals surface area contributed by atoms with Crippen molar-refractivity contribution < 1.29 is 14.1 Å². The van der Waals surface area contributed by atoms with Crippen LogP contribution in [-0.2, 0) is 11.2 Å². The van der Waals surface area contributed by atoms with Gasteiger partial charge in [-0.1, -0.05) is 13.0 Å². The molecule has 1 aliphatic heterocycles. The molecule has 0 aromatic heterocycles. The molecule has 0 saturated carbocycles. The van der Waals surface area contributed by atoms with E-state index in [1.54, 1.807) is 26.2 Å². The third-order valence-electron chi connectivity index (χ3n) is 3.48. The SMILES string of the molecule is CC[C@H](C)NC1=NS(=O)N=C1Nc1cccc(C(=O)N(C)C)c1O. The van der Waals surface area contributed by atoms with Crippen LogP contribution in [0.5, 0.6) is 5.75 Å². The van der Waals surface area contributed by atoms with E-state index in [1.807, 2.05) is 13.8 Å². The summed E-state index contributed by atoms with van der Waals surface area (Å²) in [6.45, 7) is 3.98. The fourth-order valence-corrected chi connectivity index (χ4v) is 2.59. The number of aromatic hydroxyl groups is 1. The number of carbonyl (C=O) groups is 1. The maximum atomic E-state index is 12.1. The number of anilines is 1. The summed E-state index contributed by atoms with van der Waals surface area (Å²) in [7, 11) is 3.21. The van der Waals surface area contributed by atoms with Crippen molar-refractivity contribution in [3.05, 3.63) is 23.8 Å². The third kappa shape index (κ3) is 3.91. The molecule has 2 atom stereocenters. The largest absolute Gasteiger partial charge is 0.505 e. The second-order valence-electron chi connectivity index (χ2n) is 5.59. The van der Waals surface area contributed by atoms with Gasteiger partial charge in [-0.2, -0.15) is 0 Å². The third-order valence-corrected chi connectivity index (χ3v) is 4.16. The fraction of sp³-hybridized carbons (Fsp3) is 0.400. The van der Waals surface area contributed by atoms with Gasteiger partial charge in [0.1, 0.15) is 0 Å². The Morgan fingerprint density at radius 3 is 2.62 bits per heavy atom. The predicted molar refractivity (Wildman–Crippen MR) is 95.6 cm³/mol. The minimum absolute atomic E-state index is 0.126. The van der Waals surface area contributed by atoms with Crippen LogP contribution in [0.3, 0.4) is 0 Å². The molecule has 0 spiro atoms. The van der Waals surface area contributed by atoms with Crippen LogP contribution in [0, 0.1) is 0 Å². The van der Waals surface area contributed by atoms with Crippen molar-refractivity contribution in [2.45, 2.75) is 26.3 Å². The average molecular weight is 351 g/mol. The predicted octanol–water partition coefficient (Wildman–Crippen LogP) is 1.28. The minimum atomic E-state index is -1.71. The number of phenolic OH excluding ortho intramolecular Hbond substituents is 1. The van der Waals surface area contributed by atoms with E-state index in [0.717, 1.165) is 6.42 Å². The molecule has 3 N–H and O–H groups in total. The van der Waals surface area contributed by atoms with Crippen molar-refractivity contribution in [2.24, 2.45) is 8.80 Å². The first-order valence-electron chi connectivity index (χ1n) is 7.50. The minimum Gasteiger partial charge on any atom is -0.505 e. The van der Waals surface area contributed by atoms with Crippen molar-refractivity contribution in [3.8, 4) is 5.75 Å². The first-order chi connectivity index (χ1) is 11.3. The van der Waals surface area contributed by atoms with Crippen LogP contribution in [0.4, 0.5) is 5.69 Å². The van der Waals surface area contributed by atoms with E-state index in [4.69, 9.17) is 0 Å². The Bertz CT molecular complexity index is 730. The smallest absolute Gasteiger partial charge is 0.269 e. The van der Waals surface area contributed by atoms with Crippen molar-refractivity contribution in [2.75, 3.05) is 19.4 Å². The number of amidine groups is 2. The van der Waals surface area contributed by atoms with E-state index in [1.165, 1.54) is 11.0 Å². The summed E-state index contributed by atoms with van der Waals surface area (Å²) >= 11 is -1.71. The molecule has 0 fully saturated rings. The number of rotatable bonds is 4. The van der Waals surface area contributed by atoms with Crippen molar-refractivity contribution >= 4 is 34.4 Å². The fourth-order valence-electron chi connectivity index (χ4n) is 1.96. The van der Waals surface area contributed by atoms with Crippen molar-refractivity contribution in [1.29, 1.82) is 0 Å². The van der Waals surface area contributed by atoms with Gasteiger partial charge >= 0.3 is 0 Å². The second kappa shape index (κ2) is 7.43. The summed E-state index contributed by atoms with van der Waals surface area (Å²) in [5.41, 5.74) is 0.456. The van der Waals surface area contributed by atoms with Gasteiger partial charge in [0, 0.05) is 20.1 Å². The number of hydrogen-bond donors (Lipinski definition) is 3. The van der Waals surface area contributed by atoms with Crippen LogP contribution in [0.2, 0.25) is 0 Å². The highest BCUT2D eigenvalue weighted by molar-refractivity contribution is 7.83. The molecule has 1 aromatic carbocycles. The molecule has 1 heterocycles. The molecule has 24 heavy (non-hydrogen) atoms. The van der Waals surface area contributed by atoms with E-state index in [-0.39, 0.29) is 29.1 Å². The average Bonchev–Trinajstić information content (AvgIpc) is 2.87. The zero-order valence-corrected chi connectivity index (χ0v) is 14.8. The molecule has 9 heteroatoms. The number of para-hydroxylation sites is 1. The zero-order valence-electron chi connectivity index (χ0n) is 14.0. The van der Waals surface area contributed by atoms with Gasteiger partial charge in [0.05, 0.1) is 11.3 Å². The van der Waals surface area contributed by atoms with Crippen LogP contribution in [0.1, 0.15) is 30.6 Å². The van der Waals surface area contributed by atoms with Crippen LogP contribution >= 0.6 is 0 Å². The molecule has 0 saturated heterocycles. The first-order valence-corrected chi connectivity index (χ1v) is 8.56. The first kappa shape index (κ1) is 17.9. The Morgan fingerprint density at radius 1 is 1.33 bits per heavy atom. The lowest BCUT2D eigenvalue weighted by molar-refractivity contribution is 0.0824.